The van der Waals surface area contributed by atoms with E-state index in [1.165, 1.54) is 74.2 Å². The fourth-order valence-corrected chi connectivity index (χ4v) is 20.8. The molecule has 2 heterocycles. The average molecular weight is 2010 g/mol. The van der Waals surface area contributed by atoms with Gasteiger partial charge in [-0.15, -0.1) is 0 Å². The summed E-state index contributed by atoms with van der Waals surface area (Å²) in [4.78, 5) is 125. The quantitative estimate of drug-likeness (QED) is 0.00730. The second-order valence-corrected chi connectivity index (χ2v) is 43.8. The number of hydrogen-bond donors (Lipinski definition) is 11. The molecule has 9 unspecified atom stereocenters. The van der Waals surface area contributed by atoms with Crippen molar-refractivity contribution >= 4 is 110 Å². The number of phosphoric ester groups is 7. The first-order valence-electron chi connectivity index (χ1n) is 43.1. The van der Waals surface area contributed by atoms with Gasteiger partial charge in [0.15, 0.2) is 10.9 Å². The first-order valence-corrected chi connectivity index (χ1v) is 56.1. The van der Waals surface area contributed by atoms with Gasteiger partial charge in [-0.05, 0) is 160 Å². The highest BCUT2D eigenvalue weighted by Crippen LogP contribution is 2.52. The van der Waals surface area contributed by atoms with Crippen LogP contribution in [0.2, 0.25) is 0 Å². The number of carbonyl (C=O) groups excluding carboxylic acids is 2. The molecule has 131 heavy (non-hydrogen) atoms. The highest BCUT2D eigenvalue weighted by Gasteiger charge is 2.33. The molecule has 0 saturated carbocycles. The van der Waals surface area contributed by atoms with E-state index in [2.05, 4.69) is 17.6 Å². The molecule has 728 valence electrons. The van der Waals surface area contributed by atoms with Gasteiger partial charge in [0.25, 0.3) is 11.8 Å². The van der Waals surface area contributed by atoms with Gasteiger partial charge in [-0.1, -0.05) is 124 Å². The van der Waals surface area contributed by atoms with Crippen LogP contribution < -0.4 is 21.5 Å². The molecule has 4 aromatic carbocycles. The predicted molar refractivity (Wildman–Crippen MR) is 494 cm³/mol. The Labute approximate surface area is 767 Å². The Kier molecular flexibility index (Phi) is 47.5. The summed E-state index contributed by atoms with van der Waals surface area (Å²) in [5.41, 5.74) is 4.28. The highest BCUT2D eigenvalue weighted by atomic mass is 33.1. The molecule has 2 aliphatic heterocycles. The van der Waals surface area contributed by atoms with Gasteiger partial charge in [0.2, 0.25) is 0 Å². The van der Waals surface area contributed by atoms with Crippen LogP contribution in [0.3, 0.4) is 0 Å². The van der Waals surface area contributed by atoms with Crippen LogP contribution in [-0.2, 0) is 95.3 Å². The second kappa shape index (κ2) is 56.2. The van der Waals surface area contributed by atoms with Crippen LogP contribution in [-0.4, -0.2) is 173 Å². The molecule has 9 atom stereocenters. The van der Waals surface area contributed by atoms with Crippen LogP contribution in [0.4, 0.5) is 0 Å². The molecule has 8 rings (SSSR count). The van der Waals surface area contributed by atoms with Crippen molar-refractivity contribution in [2.24, 2.45) is 17.8 Å². The maximum Gasteiger partial charge on any atom is 0.472 e. The van der Waals surface area contributed by atoms with Gasteiger partial charge in [0.1, 0.15) is 34.2 Å². The standard InChI is InChI=1S/C84H119N2O36P7S2/c1-4-5-6-18-50-130-131-51-19-10-9-17-40-107-123(93,94)113-48-49-116-129(105,106)120-61-64(24-12-14-39-86-84(92)68-28-21-26-66(53-68)82-75-35-31-71(89)56-79(75)122-80-57-72(90)32-36-76(80)82)59-118-127(101,102)109-42-16-8-7-15-41-108-126(99,100)117-58-63(60-119-128(103,104)111-44-22-43-110-124(95,96)114-46-47-115-125(97,98)112-45-37-62(2)3)23-11-13-38-85-83(91)67-27-20-25-65(52-67)81-73-33-29-69(87)54-77(73)121-78-55-70(88)30-34-74(78)81/h20-21,25-36,52-57,62-64,87,89H,4-19,22-24,37-51,58-61H2,1-3H3,(H,85,91)(H,86,92)(H,93,94)(H,95,96)(H,97,98)(H,99,100)(H,101,102)(H,103,104)(H,105,106). The predicted octanol–water partition coefficient (Wildman–Crippen LogP) is 19.0. The van der Waals surface area contributed by atoms with Gasteiger partial charge in [-0.2, -0.15) is 0 Å². The Bertz CT molecular complexity index is 5320. The minimum Gasteiger partial charge on any atom is -0.508 e. The van der Waals surface area contributed by atoms with Crippen molar-refractivity contribution in [2.45, 2.75) is 149 Å². The Morgan fingerprint density at radius 2 is 0.695 bits per heavy atom. The minimum absolute atomic E-state index is 0.0548. The number of amides is 2. The number of nitrogens with one attached hydrogen (secondary N) is 2. The third kappa shape index (κ3) is 42.0. The summed E-state index contributed by atoms with van der Waals surface area (Å²) in [6, 6.07) is 31.3. The Morgan fingerprint density at radius 1 is 0.359 bits per heavy atom. The summed E-state index contributed by atoms with van der Waals surface area (Å²) < 4.78 is 173. The molecule has 4 aromatic rings. The number of phenols is 2. The van der Waals surface area contributed by atoms with Crippen molar-refractivity contribution in [3.63, 3.8) is 0 Å². The summed E-state index contributed by atoms with van der Waals surface area (Å²) >= 11 is 0. The van der Waals surface area contributed by atoms with Crippen LogP contribution in [0.5, 0.6) is 11.5 Å². The molecule has 0 aromatic heterocycles. The van der Waals surface area contributed by atoms with E-state index < -0.39 is 144 Å². The van der Waals surface area contributed by atoms with E-state index in [4.69, 9.17) is 72.2 Å². The Balaban J connectivity index is 0.789. The van der Waals surface area contributed by atoms with E-state index in [0.717, 1.165) is 30.8 Å². The molecule has 0 radical (unpaired) electrons. The zero-order chi connectivity index (χ0) is 94.9. The number of aromatic hydroxyl groups is 2. The molecule has 2 aliphatic carbocycles. The minimum atomic E-state index is -4.92. The first-order chi connectivity index (χ1) is 62.4. The lowest BCUT2D eigenvalue weighted by Crippen LogP contribution is -2.24. The van der Waals surface area contributed by atoms with Crippen LogP contribution in [0.25, 0.3) is 66.8 Å². The Morgan fingerprint density at radius 3 is 1.06 bits per heavy atom. The lowest BCUT2D eigenvalue weighted by molar-refractivity contribution is 0.0769. The fourth-order valence-electron chi connectivity index (χ4n) is 13.0. The fraction of sp³-hybridized carbons (Fsp3) is 0.524. The van der Waals surface area contributed by atoms with E-state index in [1.807, 2.05) is 35.4 Å². The first kappa shape index (κ1) is 111. The van der Waals surface area contributed by atoms with E-state index >= 15 is 0 Å². The monoisotopic (exact) mass is 2010 g/mol. The maximum atomic E-state index is 13.7. The third-order valence-corrected chi connectivity index (χ3v) is 29.3. The van der Waals surface area contributed by atoms with Gasteiger partial charge >= 0.3 is 54.8 Å². The summed E-state index contributed by atoms with van der Waals surface area (Å²) in [5.74, 6) is 0.0556. The van der Waals surface area contributed by atoms with Crippen molar-refractivity contribution in [3.8, 4) is 56.4 Å². The van der Waals surface area contributed by atoms with Crippen LogP contribution in [0, 0.1) is 17.8 Å². The van der Waals surface area contributed by atoms with Gasteiger partial charge in [-0.3, -0.25) is 82.5 Å². The number of hydrogen-bond acceptors (Lipinski definition) is 31. The molecule has 2 amide bonds. The zero-order valence-corrected chi connectivity index (χ0v) is 81.0. The zero-order valence-electron chi connectivity index (χ0n) is 73.1. The SMILES string of the molecule is CCCCCCSSCCCCCCOP(=O)(O)OCCOP(=O)(O)OCC(CCCCNC(=O)c1cccc(-c2c3ccc(=O)cc-3oc3cc(O)ccc23)c1)COP(=O)(O)OCCCCCCOP(=O)(O)OCC(CCCCNC(=O)c1cccc(-c2c3ccc(=O)cc-3oc3cc(O)ccc23)c1)COP(=O)(O)OCCCOP(=O)(O)OCCOP(=O)(O)OCCC(C)C. The van der Waals surface area contributed by atoms with E-state index in [0.29, 0.717) is 100 Å². The molecule has 0 saturated heterocycles. The van der Waals surface area contributed by atoms with Gasteiger partial charge < -0.3 is 63.9 Å². The van der Waals surface area contributed by atoms with Crippen molar-refractivity contribution < 1.29 is 158 Å². The number of unbranched alkanes of at least 4 members (excludes halogenated alkanes) is 11. The number of rotatable bonds is 69. The molecule has 4 aliphatic rings. The van der Waals surface area contributed by atoms with Crippen molar-refractivity contribution in [1.82, 2.24) is 10.6 Å². The second-order valence-electron chi connectivity index (χ2n) is 30.9. The van der Waals surface area contributed by atoms with Crippen molar-refractivity contribution in [1.29, 1.82) is 0 Å². The molecule has 0 spiro atoms. The molecular weight excluding hydrogens is 1890 g/mol. The molecule has 11 N–H and O–H groups in total. The molecular formula is C84H119N2O36P7S2. The number of phenolic OH excluding ortho intramolecular Hbond substituents is 2. The summed E-state index contributed by atoms with van der Waals surface area (Å²) in [6.45, 7) is -0.519. The third-order valence-electron chi connectivity index (χ3n) is 19.7. The summed E-state index contributed by atoms with van der Waals surface area (Å²) in [7, 11) is -29.6. The van der Waals surface area contributed by atoms with E-state index in [-0.39, 0.29) is 129 Å². The number of fused-ring (bicyclic) bond motifs is 4. The van der Waals surface area contributed by atoms with Crippen molar-refractivity contribution in [2.75, 3.05) is 117 Å². The molecule has 47 heteroatoms. The molecule has 0 fully saturated rings. The topological polar surface area (TPSA) is 549 Å². The van der Waals surface area contributed by atoms with E-state index in [1.54, 1.807) is 72.8 Å². The average Bonchev–Trinajstić information content (AvgIpc) is 0.758. The largest absolute Gasteiger partial charge is 0.508 e. The number of carbonyl (C=O) groups is 2. The number of phosphoric acid groups is 7. The smallest absolute Gasteiger partial charge is 0.472 e. The van der Waals surface area contributed by atoms with Crippen LogP contribution in [0.1, 0.15) is 170 Å². The highest BCUT2D eigenvalue weighted by molar-refractivity contribution is 8.76. The molecule has 38 nitrogen and oxygen atoms in total. The lowest BCUT2D eigenvalue weighted by atomic mass is 9.92. The normalized spacial score (nSPS) is 15.7. The van der Waals surface area contributed by atoms with Crippen molar-refractivity contribution in [3.05, 3.63) is 153 Å². The lowest BCUT2D eigenvalue weighted by Gasteiger charge is -2.21. The van der Waals surface area contributed by atoms with Gasteiger partial charge in [-0.25, -0.2) is 32.0 Å². The number of benzene rings is 6. The van der Waals surface area contributed by atoms with Crippen LogP contribution in [0.15, 0.2) is 140 Å². The van der Waals surface area contributed by atoms with E-state index in [9.17, 15) is 95.6 Å². The summed E-state index contributed by atoms with van der Waals surface area (Å²) in [5, 5.41) is 27.4. The van der Waals surface area contributed by atoms with Crippen LogP contribution >= 0.6 is 76.3 Å². The van der Waals surface area contributed by atoms with Gasteiger partial charge in [0.05, 0.1) is 92.5 Å². The maximum absolute atomic E-state index is 13.7. The summed E-state index contributed by atoms with van der Waals surface area (Å²) in [6.07, 6.45) is 10.8. The Hall–Kier alpha value is -5.73. The van der Waals surface area contributed by atoms with Gasteiger partial charge in [0, 0.05) is 105 Å². The molecule has 0 bridgehead atoms.